The molecule has 2 rings (SSSR count). The molecule has 1 aliphatic heterocycles. The summed E-state index contributed by atoms with van der Waals surface area (Å²) in [6.45, 7) is 2.87. The van der Waals surface area contributed by atoms with Gasteiger partial charge in [-0.2, -0.15) is 0 Å². The molecular weight excluding hydrogens is 261 g/mol. The average molecular weight is 280 g/mol. The zero-order valence-electron chi connectivity index (χ0n) is 10.9. The van der Waals surface area contributed by atoms with Gasteiger partial charge >= 0.3 is 0 Å². The van der Waals surface area contributed by atoms with E-state index in [4.69, 9.17) is 6.42 Å². The van der Waals surface area contributed by atoms with Crippen LogP contribution < -0.4 is 0 Å². The third kappa shape index (κ3) is 5.06. The van der Waals surface area contributed by atoms with Crippen molar-refractivity contribution in [2.24, 2.45) is 5.92 Å². The molecule has 1 fully saturated rings. The molecule has 102 valence electrons. The summed E-state index contributed by atoms with van der Waals surface area (Å²) in [5, 5.41) is 0. The number of halogens is 2. The summed E-state index contributed by atoms with van der Waals surface area (Å²) in [7, 11) is 0. The highest BCUT2D eigenvalue weighted by Crippen LogP contribution is 2.19. The molecule has 1 aromatic rings. The van der Waals surface area contributed by atoms with E-state index in [2.05, 4.69) is 16.9 Å². The number of nitrogens with zero attached hydrogens (tertiary/aromatic N) is 1. The van der Waals surface area contributed by atoms with Gasteiger partial charge in [-0.05, 0) is 49.5 Å². The van der Waals surface area contributed by atoms with Gasteiger partial charge in [0.15, 0.2) is 0 Å². The quantitative estimate of drug-likeness (QED) is 0.764. The summed E-state index contributed by atoms with van der Waals surface area (Å²) in [6, 6.07) is 6.69. The van der Waals surface area contributed by atoms with Crippen molar-refractivity contribution in [2.75, 3.05) is 19.6 Å². The molecule has 0 bridgehead atoms. The van der Waals surface area contributed by atoms with E-state index in [1.807, 2.05) is 12.1 Å². The Hall–Kier alpha value is -1.30. The van der Waals surface area contributed by atoms with Crippen molar-refractivity contribution < 1.29 is 4.39 Å². The van der Waals surface area contributed by atoms with E-state index in [1.165, 1.54) is 6.07 Å². The highest BCUT2D eigenvalue weighted by Gasteiger charge is 2.15. The molecule has 19 heavy (non-hydrogen) atoms. The summed E-state index contributed by atoms with van der Waals surface area (Å²) >= 11 is 0. The van der Waals surface area contributed by atoms with Gasteiger partial charge in [0.05, 0.1) is 6.54 Å². The Morgan fingerprint density at radius 1 is 1.37 bits per heavy atom. The lowest BCUT2D eigenvalue weighted by molar-refractivity contribution is 0.226. The van der Waals surface area contributed by atoms with E-state index < -0.39 is 0 Å². The lowest BCUT2D eigenvalue weighted by atomic mass is 9.95. The number of piperidine rings is 1. The van der Waals surface area contributed by atoms with Gasteiger partial charge in [0.1, 0.15) is 5.82 Å². The molecule has 0 unspecified atom stereocenters. The largest absolute Gasteiger partial charge is 0.292 e. The van der Waals surface area contributed by atoms with Crippen molar-refractivity contribution in [3.8, 4) is 12.3 Å². The summed E-state index contributed by atoms with van der Waals surface area (Å²) in [4.78, 5) is 2.30. The number of likely N-dealkylation sites (tertiary alicyclic amines) is 1. The third-order valence-corrected chi connectivity index (χ3v) is 3.36. The molecule has 1 aromatic carbocycles. The SMILES string of the molecule is C#CCN1CCC(/C=C\c2cccc(F)c2)CC1.Cl. The van der Waals surface area contributed by atoms with E-state index >= 15 is 0 Å². The van der Waals surface area contributed by atoms with Gasteiger partial charge in [0.25, 0.3) is 0 Å². The molecule has 0 spiro atoms. The minimum absolute atomic E-state index is 0. The van der Waals surface area contributed by atoms with E-state index in [0.717, 1.165) is 38.0 Å². The Labute approximate surface area is 120 Å². The average Bonchev–Trinajstić information content (AvgIpc) is 2.38. The van der Waals surface area contributed by atoms with Crippen molar-refractivity contribution >= 4 is 18.5 Å². The molecule has 1 saturated heterocycles. The number of allylic oxidation sites excluding steroid dienone is 1. The van der Waals surface area contributed by atoms with Crippen LogP contribution in [0.2, 0.25) is 0 Å². The van der Waals surface area contributed by atoms with E-state index in [-0.39, 0.29) is 18.2 Å². The molecule has 0 amide bonds. The summed E-state index contributed by atoms with van der Waals surface area (Å²) in [5.41, 5.74) is 0.932. The van der Waals surface area contributed by atoms with Crippen LogP contribution in [0.15, 0.2) is 30.3 Å². The number of terminal acetylenes is 1. The molecule has 0 N–H and O–H groups in total. The molecular formula is C16H19ClFN. The molecule has 1 nitrogen and oxygen atoms in total. The number of hydrogen-bond acceptors (Lipinski definition) is 1. The highest BCUT2D eigenvalue weighted by atomic mass is 35.5. The van der Waals surface area contributed by atoms with Crippen molar-refractivity contribution in [3.05, 3.63) is 41.7 Å². The van der Waals surface area contributed by atoms with Crippen LogP contribution >= 0.6 is 12.4 Å². The highest BCUT2D eigenvalue weighted by molar-refractivity contribution is 5.85. The first-order valence-electron chi connectivity index (χ1n) is 6.37. The van der Waals surface area contributed by atoms with Crippen molar-refractivity contribution in [1.82, 2.24) is 4.90 Å². The molecule has 3 heteroatoms. The van der Waals surface area contributed by atoms with Crippen LogP contribution in [0.5, 0.6) is 0 Å². The second kappa shape index (κ2) is 7.99. The Bertz CT molecular complexity index is 456. The Morgan fingerprint density at radius 3 is 2.74 bits per heavy atom. The van der Waals surface area contributed by atoms with Crippen LogP contribution in [0.1, 0.15) is 18.4 Å². The molecule has 0 radical (unpaired) electrons. The smallest absolute Gasteiger partial charge is 0.123 e. The van der Waals surface area contributed by atoms with Crippen LogP contribution in [-0.2, 0) is 0 Å². The van der Waals surface area contributed by atoms with Crippen molar-refractivity contribution in [2.45, 2.75) is 12.8 Å². The molecule has 0 atom stereocenters. The normalized spacial score (nSPS) is 17.1. The van der Waals surface area contributed by atoms with Crippen molar-refractivity contribution in [1.29, 1.82) is 0 Å². The summed E-state index contributed by atoms with van der Waals surface area (Å²) in [5.74, 6) is 3.09. The molecule has 0 saturated carbocycles. The fourth-order valence-electron chi connectivity index (χ4n) is 2.29. The molecule has 0 aliphatic carbocycles. The van der Waals surface area contributed by atoms with Crippen LogP contribution in [0, 0.1) is 24.1 Å². The first kappa shape index (κ1) is 15.8. The number of benzene rings is 1. The zero-order chi connectivity index (χ0) is 12.8. The van der Waals surface area contributed by atoms with Gasteiger partial charge in [0, 0.05) is 0 Å². The Balaban J connectivity index is 0.00000180. The lowest BCUT2D eigenvalue weighted by Gasteiger charge is -2.28. The van der Waals surface area contributed by atoms with Gasteiger partial charge in [-0.1, -0.05) is 30.2 Å². The zero-order valence-corrected chi connectivity index (χ0v) is 11.7. The Morgan fingerprint density at radius 2 is 2.11 bits per heavy atom. The van der Waals surface area contributed by atoms with E-state index in [9.17, 15) is 4.39 Å². The molecule has 1 heterocycles. The second-order valence-corrected chi connectivity index (χ2v) is 4.73. The molecule has 0 aromatic heterocycles. The standard InChI is InChI=1S/C16H18FN.ClH/c1-2-10-18-11-8-14(9-12-18)6-7-15-4-3-5-16(17)13-15;/h1,3-7,13-14H,8-12H2;1H/b7-6-;. The predicted molar refractivity (Wildman–Crippen MR) is 80.7 cm³/mol. The number of hydrogen-bond donors (Lipinski definition) is 0. The first-order valence-corrected chi connectivity index (χ1v) is 6.37. The Kier molecular flexibility index (Phi) is 6.62. The number of rotatable bonds is 3. The minimum atomic E-state index is -0.180. The van der Waals surface area contributed by atoms with Crippen LogP contribution in [0.4, 0.5) is 4.39 Å². The fourth-order valence-corrected chi connectivity index (χ4v) is 2.29. The maximum absolute atomic E-state index is 13.0. The fraction of sp³-hybridized carbons (Fsp3) is 0.375. The van der Waals surface area contributed by atoms with E-state index in [1.54, 1.807) is 12.1 Å². The van der Waals surface area contributed by atoms with Gasteiger partial charge < -0.3 is 0 Å². The van der Waals surface area contributed by atoms with Crippen LogP contribution in [-0.4, -0.2) is 24.5 Å². The van der Waals surface area contributed by atoms with Gasteiger partial charge in [0.2, 0.25) is 0 Å². The minimum Gasteiger partial charge on any atom is -0.292 e. The first-order chi connectivity index (χ1) is 8.78. The maximum Gasteiger partial charge on any atom is 0.123 e. The summed E-state index contributed by atoms with van der Waals surface area (Å²) < 4.78 is 13.0. The van der Waals surface area contributed by atoms with Gasteiger partial charge in [-0.15, -0.1) is 18.8 Å². The van der Waals surface area contributed by atoms with Gasteiger partial charge in [-0.3, -0.25) is 4.90 Å². The summed E-state index contributed by atoms with van der Waals surface area (Å²) in [6.07, 6.45) is 11.8. The molecule has 1 aliphatic rings. The monoisotopic (exact) mass is 279 g/mol. The topological polar surface area (TPSA) is 3.24 Å². The predicted octanol–water partition coefficient (Wildman–Crippen LogP) is 3.61. The van der Waals surface area contributed by atoms with Crippen LogP contribution in [0.3, 0.4) is 0 Å². The third-order valence-electron chi connectivity index (χ3n) is 3.36. The van der Waals surface area contributed by atoms with Crippen molar-refractivity contribution in [3.63, 3.8) is 0 Å². The van der Waals surface area contributed by atoms with Gasteiger partial charge in [-0.25, -0.2) is 4.39 Å². The second-order valence-electron chi connectivity index (χ2n) is 4.73. The lowest BCUT2D eigenvalue weighted by Crippen LogP contribution is -2.33. The van der Waals surface area contributed by atoms with Crippen LogP contribution in [0.25, 0.3) is 6.08 Å². The van der Waals surface area contributed by atoms with E-state index in [0.29, 0.717) is 5.92 Å². The maximum atomic E-state index is 13.0.